The summed E-state index contributed by atoms with van der Waals surface area (Å²) in [5.41, 5.74) is 7.24. The first-order valence-electron chi connectivity index (χ1n) is 5.02. The van der Waals surface area contributed by atoms with Crippen molar-refractivity contribution in [3.05, 3.63) is 34.4 Å². The third-order valence-electron chi connectivity index (χ3n) is 2.28. The van der Waals surface area contributed by atoms with Gasteiger partial charge < -0.3 is 10.3 Å². The molecule has 0 spiro atoms. The number of nitrogens with two attached hydrogens (primary N) is 1. The zero-order valence-corrected chi connectivity index (χ0v) is 11.4. The van der Waals surface area contributed by atoms with Crippen LogP contribution in [0.15, 0.2) is 38.9 Å². The molecule has 0 aliphatic carbocycles. The van der Waals surface area contributed by atoms with Crippen molar-refractivity contribution in [1.29, 1.82) is 0 Å². The van der Waals surface area contributed by atoms with Crippen LogP contribution >= 0.6 is 27.3 Å². The number of aromatic nitrogens is 3. The largest absolute Gasteiger partial charge is 0.397 e. The summed E-state index contributed by atoms with van der Waals surface area (Å²) in [7, 11) is 0. The van der Waals surface area contributed by atoms with Crippen molar-refractivity contribution in [2.45, 2.75) is 0 Å². The fraction of sp³-hybridized carbons (Fsp3) is 0. The topological polar surface area (TPSA) is 77.8 Å². The molecule has 2 N–H and O–H groups in total. The smallest absolute Gasteiger partial charge is 0.270 e. The van der Waals surface area contributed by atoms with Crippen LogP contribution in [0.3, 0.4) is 0 Å². The molecule has 3 aromatic heterocycles. The Labute approximate surface area is 115 Å². The average molecular weight is 323 g/mol. The number of nitrogens with zero attached hydrogens (tertiary/aromatic N) is 3. The van der Waals surface area contributed by atoms with Crippen LogP contribution in [0, 0.1) is 0 Å². The van der Waals surface area contributed by atoms with Crippen LogP contribution in [0.1, 0.15) is 0 Å². The van der Waals surface area contributed by atoms with Gasteiger partial charge in [0.1, 0.15) is 4.88 Å². The van der Waals surface area contributed by atoms with E-state index in [2.05, 4.69) is 31.1 Å². The van der Waals surface area contributed by atoms with E-state index in [1.54, 1.807) is 12.4 Å². The molecule has 0 saturated carbocycles. The Morgan fingerprint density at radius 3 is 2.94 bits per heavy atom. The molecule has 5 nitrogen and oxygen atoms in total. The number of rotatable bonds is 2. The Balaban J connectivity index is 2.02. The SMILES string of the molecule is Nc1ccsc1-c1nc(-c2cncc(Br)c2)no1. The van der Waals surface area contributed by atoms with Crippen molar-refractivity contribution in [2.75, 3.05) is 5.73 Å². The zero-order chi connectivity index (χ0) is 12.5. The van der Waals surface area contributed by atoms with Crippen LogP contribution in [0.2, 0.25) is 0 Å². The van der Waals surface area contributed by atoms with Crippen LogP contribution in [-0.2, 0) is 0 Å². The Bertz CT molecular complexity index is 694. The fourth-order valence-corrected chi connectivity index (χ4v) is 2.56. The molecule has 0 amide bonds. The highest BCUT2D eigenvalue weighted by molar-refractivity contribution is 9.10. The predicted molar refractivity (Wildman–Crippen MR) is 73.0 cm³/mol. The van der Waals surface area contributed by atoms with Crippen molar-refractivity contribution in [3.63, 3.8) is 0 Å². The molecule has 0 fully saturated rings. The van der Waals surface area contributed by atoms with Gasteiger partial charge in [-0.15, -0.1) is 11.3 Å². The third-order valence-corrected chi connectivity index (χ3v) is 3.63. The molecule has 0 aliphatic heterocycles. The molecule has 90 valence electrons. The van der Waals surface area contributed by atoms with Gasteiger partial charge in [-0.05, 0) is 33.4 Å². The first kappa shape index (κ1) is 11.4. The van der Waals surface area contributed by atoms with Crippen LogP contribution < -0.4 is 5.73 Å². The van der Waals surface area contributed by atoms with Gasteiger partial charge in [-0.3, -0.25) is 4.98 Å². The van der Waals surface area contributed by atoms with E-state index < -0.39 is 0 Å². The zero-order valence-electron chi connectivity index (χ0n) is 9.00. The number of pyridine rings is 1. The van der Waals surface area contributed by atoms with Crippen LogP contribution in [-0.4, -0.2) is 15.1 Å². The maximum atomic E-state index is 5.81. The lowest BCUT2D eigenvalue weighted by molar-refractivity contribution is 0.433. The van der Waals surface area contributed by atoms with Gasteiger partial charge in [-0.2, -0.15) is 4.98 Å². The van der Waals surface area contributed by atoms with Gasteiger partial charge >= 0.3 is 0 Å². The lowest BCUT2D eigenvalue weighted by Gasteiger charge is -1.93. The van der Waals surface area contributed by atoms with Gasteiger partial charge in [0.15, 0.2) is 0 Å². The van der Waals surface area contributed by atoms with E-state index in [0.29, 0.717) is 17.4 Å². The standard InChI is InChI=1S/C11H7BrN4OS/c12-7-3-6(4-14-5-7)10-15-11(17-16-10)9-8(13)1-2-18-9/h1-5H,13H2. The second-order valence-corrected chi connectivity index (χ2v) is 5.35. The number of anilines is 1. The van der Waals surface area contributed by atoms with Crippen molar-refractivity contribution in [3.8, 4) is 22.2 Å². The van der Waals surface area contributed by atoms with Gasteiger partial charge in [0.2, 0.25) is 5.82 Å². The molecule has 0 aromatic carbocycles. The highest BCUT2D eigenvalue weighted by Gasteiger charge is 2.14. The summed E-state index contributed by atoms with van der Waals surface area (Å²) >= 11 is 4.82. The van der Waals surface area contributed by atoms with Gasteiger partial charge in [-0.1, -0.05) is 5.16 Å². The Morgan fingerprint density at radius 2 is 2.22 bits per heavy atom. The van der Waals surface area contributed by atoms with Crippen LogP contribution in [0.25, 0.3) is 22.2 Å². The number of hydrogen-bond donors (Lipinski definition) is 1. The maximum absolute atomic E-state index is 5.81. The summed E-state index contributed by atoms with van der Waals surface area (Å²) in [6.07, 6.45) is 3.37. The minimum absolute atomic E-state index is 0.428. The first-order chi connectivity index (χ1) is 8.74. The maximum Gasteiger partial charge on any atom is 0.270 e. The Morgan fingerprint density at radius 1 is 1.33 bits per heavy atom. The lowest BCUT2D eigenvalue weighted by Crippen LogP contribution is -1.85. The second-order valence-electron chi connectivity index (χ2n) is 3.52. The molecule has 7 heteroatoms. The van der Waals surface area contributed by atoms with Crippen LogP contribution in [0.4, 0.5) is 5.69 Å². The number of nitrogen functional groups attached to an aromatic ring is 1. The molecule has 0 radical (unpaired) electrons. The molecule has 3 rings (SSSR count). The van der Waals surface area contributed by atoms with E-state index in [1.807, 2.05) is 17.5 Å². The summed E-state index contributed by atoms with van der Waals surface area (Å²) in [5.74, 6) is 0.920. The average Bonchev–Trinajstić information content (AvgIpc) is 2.97. The van der Waals surface area contributed by atoms with E-state index in [4.69, 9.17) is 10.3 Å². The minimum atomic E-state index is 0.428. The van der Waals surface area contributed by atoms with Gasteiger partial charge in [0, 0.05) is 22.4 Å². The van der Waals surface area contributed by atoms with Crippen molar-refractivity contribution in [2.24, 2.45) is 0 Å². The normalized spacial score (nSPS) is 10.7. The van der Waals surface area contributed by atoms with Crippen LogP contribution in [0.5, 0.6) is 0 Å². The monoisotopic (exact) mass is 322 g/mol. The van der Waals surface area contributed by atoms with E-state index in [9.17, 15) is 0 Å². The van der Waals surface area contributed by atoms with E-state index in [-0.39, 0.29) is 0 Å². The van der Waals surface area contributed by atoms with Gasteiger partial charge in [-0.25, -0.2) is 0 Å². The Kier molecular flexibility index (Phi) is 2.85. The number of halogens is 1. The van der Waals surface area contributed by atoms with Crippen molar-refractivity contribution >= 4 is 33.0 Å². The molecule has 0 atom stereocenters. The molecule has 3 aromatic rings. The molecule has 0 aliphatic rings. The Hall–Kier alpha value is -1.73. The highest BCUT2D eigenvalue weighted by Crippen LogP contribution is 2.31. The molecule has 0 saturated heterocycles. The first-order valence-corrected chi connectivity index (χ1v) is 6.69. The van der Waals surface area contributed by atoms with Gasteiger partial charge in [0.05, 0.1) is 5.69 Å². The lowest BCUT2D eigenvalue weighted by atomic mass is 10.3. The summed E-state index contributed by atoms with van der Waals surface area (Å²) in [5, 5.41) is 5.81. The molecule has 0 unspecified atom stereocenters. The minimum Gasteiger partial charge on any atom is -0.397 e. The molecule has 3 heterocycles. The molecule has 18 heavy (non-hydrogen) atoms. The molecule has 0 bridgehead atoms. The third kappa shape index (κ3) is 2.02. The summed E-state index contributed by atoms with van der Waals surface area (Å²) < 4.78 is 6.07. The van der Waals surface area contributed by atoms with Crippen molar-refractivity contribution in [1.82, 2.24) is 15.1 Å². The van der Waals surface area contributed by atoms with E-state index in [1.165, 1.54) is 11.3 Å². The number of hydrogen-bond acceptors (Lipinski definition) is 6. The summed E-state index contributed by atoms with van der Waals surface area (Å²) in [6.45, 7) is 0. The fourth-order valence-electron chi connectivity index (χ4n) is 1.46. The summed E-state index contributed by atoms with van der Waals surface area (Å²) in [4.78, 5) is 9.16. The highest BCUT2D eigenvalue weighted by atomic mass is 79.9. The predicted octanol–water partition coefficient (Wildman–Crippen LogP) is 3.20. The van der Waals surface area contributed by atoms with Crippen molar-refractivity contribution < 1.29 is 4.52 Å². The molecular weight excluding hydrogens is 316 g/mol. The van der Waals surface area contributed by atoms with E-state index >= 15 is 0 Å². The van der Waals surface area contributed by atoms with E-state index in [0.717, 1.165) is 14.9 Å². The molecular formula is C11H7BrN4OS. The summed E-state index contributed by atoms with van der Waals surface area (Å²) in [6, 6.07) is 3.68. The second kappa shape index (κ2) is 4.51. The quantitative estimate of drug-likeness (QED) is 0.783. The van der Waals surface area contributed by atoms with Gasteiger partial charge in [0.25, 0.3) is 5.89 Å². The number of thiophene rings is 1.